The third kappa shape index (κ3) is 1.31. The molecule has 2 heterocycles. The van der Waals surface area contributed by atoms with E-state index in [1.807, 2.05) is 24.7 Å². The van der Waals surface area contributed by atoms with E-state index in [0.29, 0.717) is 0 Å². The second-order valence-corrected chi connectivity index (χ2v) is 3.23. The molecular weight excluding hydrogens is 168 g/mol. The van der Waals surface area contributed by atoms with Gasteiger partial charge in [0.2, 0.25) is 5.91 Å². The number of hydrogen-bond donors (Lipinski definition) is 2. The van der Waals surface area contributed by atoms with Gasteiger partial charge in [-0.2, -0.15) is 0 Å². The van der Waals surface area contributed by atoms with Crippen LogP contribution in [0.15, 0.2) is 12.4 Å². The Bertz CT molecular complexity index is 333. The van der Waals surface area contributed by atoms with Gasteiger partial charge in [0.05, 0.1) is 6.04 Å². The highest BCUT2D eigenvalue weighted by atomic mass is 16.2. The minimum atomic E-state index is -0.150. The summed E-state index contributed by atoms with van der Waals surface area (Å²) in [6, 6.07) is -0.137. The van der Waals surface area contributed by atoms with E-state index in [1.54, 1.807) is 6.20 Å². The van der Waals surface area contributed by atoms with E-state index < -0.39 is 0 Å². The van der Waals surface area contributed by atoms with Crippen molar-refractivity contribution >= 4 is 5.91 Å². The van der Waals surface area contributed by atoms with Gasteiger partial charge in [-0.15, -0.1) is 0 Å². The van der Waals surface area contributed by atoms with E-state index in [9.17, 15) is 4.79 Å². The Morgan fingerprint density at radius 1 is 1.62 bits per heavy atom. The van der Waals surface area contributed by atoms with Gasteiger partial charge in [0.1, 0.15) is 12.0 Å². The molecule has 5 heteroatoms. The molecule has 1 aromatic rings. The van der Waals surface area contributed by atoms with Crippen molar-refractivity contribution in [3.63, 3.8) is 0 Å². The van der Waals surface area contributed by atoms with Gasteiger partial charge < -0.3 is 9.88 Å². The lowest BCUT2D eigenvalue weighted by molar-refractivity contribution is -0.120. The molecule has 1 fully saturated rings. The van der Waals surface area contributed by atoms with E-state index in [2.05, 4.69) is 15.6 Å². The lowest BCUT2D eigenvalue weighted by atomic mass is 10.4. The Kier molecular flexibility index (Phi) is 1.81. The first-order chi connectivity index (χ1) is 6.18. The summed E-state index contributed by atoms with van der Waals surface area (Å²) in [6.07, 6.45) is 3.42. The number of nitrogens with zero attached hydrogens (tertiary/aromatic N) is 2. The van der Waals surface area contributed by atoms with E-state index in [-0.39, 0.29) is 18.1 Å². The van der Waals surface area contributed by atoms with Gasteiger partial charge in [-0.3, -0.25) is 10.1 Å². The second-order valence-electron chi connectivity index (χ2n) is 3.23. The Morgan fingerprint density at radius 2 is 2.38 bits per heavy atom. The smallest absolute Gasteiger partial charge is 0.238 e. The second kappa shape index (κ2) is 2.85. The summed E-state index contributed by atoms with van der Waals surface area (Å²) in [5, 5.41) is 5.92. The monoisotopic (exact) mass is 180 g/mol. The molecule has 2 rings (SSSR count). The number of amides is 1. The maximum Gasteiger partial charge on any atom is 0.238 e. The highest BCUT2D eigenvalue weighted by molar-refractivity contribution is 5.83. The van der Waals surface area contributed by atoms with Crippen LogP contribution in [0.25, 0.3) is 0 Å². The maximum absolute atomic E-state index is 11.2. The standard InChI is InChI=1S/C8H12N4O/c1-5-8(13)11-6(10-5)7-9-3-4-12(7)2/h3-6,10H,1-2H3,(H,11,13). The summed E-state index contributed by atoms with van der Waals surface area (Å²) in [6.45, 7) is 1.83. The molecule has 13 heavy (non-hydrogen) atoms. The normalized spacial score (nSPS) is 27.7. The number of hydrogen-bond acceptors (Lipinski definition) is 3. The van der Waals surface area contributed by atoms with Crippen LogP contribution in [-0.4, -0.2) is 21.5 Å². The lowest BCUT2D eigenvalue weighted by Crippen LogP contribution is -2.26. The van der Waals surface area contributed by atoms with Crippen molar-refractivity contribution in [3.05, 3.63) is 18.2 Å². The van der Waals surface area contributed by atoms with Crippen molar-refractivity contribution < 1.29 is 4.79 Å². The van der Waals surface area contributed by atoms with E-state index in [1.165, 1.54) is 0 Å². The molecule has 1 aromatic heterocycles. The van der Waals surface area contributed by atoms with Gasteiger partial charge in [0.25, 0.3) is 0 Å². The van der Waals surface area contributed by atoms with Gasteiger partial charge in [-0.05, 0) is 6.92 Å². The zero-order chi connectivity index (χ0) is 9.42. The van der Waals surface area contributed by atoms with Crippen molar-refractivity contribution in [2.24, 2.45) is 7.05 Å². The molecule has 1 saturated heterocycles. The van der Waals surface area contributed by atoms with Crippen molar-refractivity contribution in [3.8, 4) is 0 Å². The van der Waals surface area contributed by atoms with Crippen LogP contribution in [0.2, 0.25) is 0 Å². The summed E-state index contributed by atoms with van der Waals surface area (Å²) in [7, 11) is 1.90. The molecule has 0 bridgehead atoms. The van der Waals surface area contributed by atoms with Crippen LogP contribution in [0.3, 0.4) is 0 Å². The first-order valence-electron chi connectivity index (χ1n) is 4.22. The quantitative estimate of drug-likeness (QED) is 0.614. The molecule has 0 spiro atoms. The molecule has 1 amide bonds. The molecule has 1 aliphatic heterocycles. The molecule has 0 saturated carbocycles. The number of rotatable bonds is 1. The Balaban J connectivity index is 2.21. The molecule has 1 aliphatic rings. The molecule has 0 radical (unpaired) electrons. The highest BCUT2D eigenvalue weighted by Crippen LogP contribution is 2.12. The summed E-state index contributed by atoms with van der Waals surface area (Å²) in [5.41, 5.74) is 0. The predicted octanol–water partition coefficient (Wildman–Crippen LogP) is -0.473. The number of aryl methyl sites for hydroxylation is 1. The Hall–Kier alpha value is -1.36. The molecular formula is C8H12N4O. The van der Waals surface area contributed by atoms with Crippen molar-refractivity contribution in [2.45, 2.75) is 19.1 Å². The largest absolute Gasteiger partial charge is 0.335 e. The molecule has 70 valence electrons. The molecule has 2 atom stereocenters. The zero-order valence-corrected chi connectivity index (χ0v) is 7.61. The molecule has 0 aromatic carbocycles. The highest BCUT2D eigenvalue weighted by Gasteiger charge is 2.30. The van der Waals surface area contributed by atoms with Crippen LogP contribution in [0.5, 0.6) is 0 Å². The van der Waals surface area contributed by atoms with Gasteiger partial charge in [0, 0.05) is 19.4 Å². The predicted molar refractivity (Wildman–Crippen MR) is 46.7 cm³/mol. The molecule has 2 N–H and O–H groups in total. The Morgan fingerprint density at radius 3 is 2.85 bits per heavy atom. The summed E-state index contributed by atoms with van der Waals surface area (Å²) in [5.74, 6) is 0.853. The number of carbonyl (C=O) groups excluding carboxylic acids is 1. The minimum Gasteiger partial charge on any atom is -0.335 e. The minimum absolute atomic E-state index is 0.0213. The number of carbonyl (C=O) groups is 1. The average Bonchev–Trinajstić information content (AvgIpc) is 2.60. The number of aromatic nitrogens is 2. The maximum atomic E-state index is 11.2. The van der Waals surface area contributed by atoms with Gasteiger partial charge in [-0.1, -0.05) is 0 Å². The van der Waals surface area contributed by atoms with E-state index >= 15 is 0 Å². The first-order valence-corrected chi connectivity index (χ1v) is 4.22. The van der Waals surface area contributed by atoms with Crippen LogP contribution >= 0.6 is 0 Å². The van der Waals surface area contributed by atoms with Crippen molar-refractivity contribution in [1.82, 2.24) is 20.2 Å². The zero-order valence-electron chi connectivity index (χ0n) is 7.61. The summed E-state index contributed by atoms with van der Waals surface area (Å²) in [4.78, 5) is 15.3. The van der Waals surface area contributed by atoms with Crippen LogP contribution in [0.1, 0.15) is 18.9 Å². The van der Waals surface area contributed by atoms with E-state index in [0.717, 1.165) is 5.82 Å². The first kappa shape index (κ1) is 8.25. The average molecular weight is 180 g/mol. The van der Waals surface area contributed by atoms with Crippen LogP contribution < -0.4 is 10.6 Å². The summed E-state index contributed by atoms with van der Waals surface area (Å²) < 4.78 is 1.88. The van der Waals surface area contributed by atoms with Gasteiger partial charge >= 0.3 is 0 Å². The molecule has 2 unspecified atom stereocenters. The molecule has 0 aliphatic carbocycles. The third-order valence-corrected chi connectivity index (χ3v) is 2.21. The number of nitrogens with one attached hydrogen (secondary N) is 2. The van der Waals surface area contributed by atoms with Crippen molar-refractivity contribution in [1.29, 1.82) is 0 Å². The van der Waals surface area contributed by atoms with Gasteiger partial charge in [0.15, 0.2) is 0 Å². The fourth-order valence-electron chi connectivity index (χ4n) is 1.43. The lowest BCUT2D eigenvalue weighted by Gasteiger charge is -2.09. The van der Waals surface area contributed by atoms with Gasteiger partial charge in [-0.25, -0.2) is 4.98 Å². The van der Waals surface area contributed by atoms with E-state index in [4.69, 9.17) is 0 Å². The van der Waals surface area contributed by atoms with Crippen LogP contribution in [0, 0.1) is 0 Å². The third-order valence-electron chi connectivity index (χ3n) is 2.21. The number of imidazole rings is 1. The Labute approximate surface area is 76.2 Å². The summed E-state index contributed by atoms with van der Waals surface area (Å²) >= 11 is 0. The van der Waals surface area contributed by atoms with Crippen LogP contribution in [0.4, 0.5) is 0 Å². The molecule has 5 nitrogen and oxygen atoms in total. The van der Waals surface area contributed by atoms with Crippen molar-refractivity contribution in [2.75, 3.05) is 0 Å². The SMILES string of the molecule is CC1NC(c2nccn2C)NC1=O. The fraction of sp³-hybridized carbons (Fsp3) is 0.500. The topological polar surface area (TPSA) is 59.0 Å². The van der Waals surface area contributed by atoms with Crippen LogP contribution in [-0.2, 0) is 11.8 Å². The fourth-order valence-corrected chi connectivity index (χ4v) is 1.43.